The summed E-state index contributed by atoms with van der Waals surface area (Å²) in [4.78, 5) is 16.1. The van der Waals surface area contributed by atoms with Gasteiger partial charge < -0.3 is 24.4 Å². The van der Waals surface area contributed by atoms with Crippen LogP contribution in [0.3, 0.4) is 0 Å². The van der Waals surface area contributed by atoms with E-state index in [-0.39, 0.29) is 6.47 Å². The Morgan fingerprint density at radius 2 is 1.62 bits per heavy atom. The number of piperazine rings is 1. The highest BCUT2D eigenvalue weighted by molar-refractivity contribution is 5.46. The van der Waals surface area contributed by atoms with Crippen molar-refractivity contribution in [2.45, 2.75) is 12.3 Å². The topological polar surface area (TPSA) is 65.5 Å². The molecule has 0 aliphatic carbocycles. The number of methoxy groups -OCH3 is 2. The number of para-hydroxylation sites is 1. The molecule has 1 unspecified atom stereocenters. The summed E-state index contributed by atoms with van der Waals surface area (Å²) < 4.78 is 11.0. The van der Waals surface area contributed by atoms with Gasteiger partial charge in [-0.15, -0.1) is 0 Å². The highest BCUT2D eigenvalue weighted by Gasteiger charge is 2.27. The molecule has 1 N–H and O–H groups in total. The molecule has 7 nitrogen and oxygen atoms in total. The molecule has 2 heterocycles. The molecule has 0 saturated carbocycles. The van der Waals surface area contributed by atoms with Gasteiger partial charge in [-0.1, -0.05) is 18.2 Å². The second kappa shape index (κ2) is 12.3. The van der Waals surface area contributed by atoms with Crippen molar-refractivity contribution in [3.63, 3.8) is 0 Å². The molecule has 2 aromatic carbocycles. The summed E-state index contributed by atoms with van der Waals surface area (Å²) in [6, 6.07) is 16.9. The number of rotatable bonds is 7. The van der Waals surface area contributed by atoms with Crippen molar-refractivity contribution in [2.24, 2.45) is 0 Å². The Morgan fingerprint density at radius 3 is 2.28 bits per heavy atom. The van der Waals surface area contributed by atoms with Gasteiger partial charge in [-0.3, -0.25) is 9.69 Å². The van der Waals surface area contributed by atoms with E-state index in [1.807, 2.05) is 12.1 Å². The molecule has 0 amide bonds. The number of likely N-dealkylation sites (tertiary alicyclic amines) is 1. The number of nitrogens with zero attached hydrogens (tertiary/aromatic N) is 3. The number of anilines is 1. The van der Waals surface area contributed by atoms with Crippen molar-refractivity contribution in [1.82, 2.24) is 9.80 Å². The third-order valence-corrected chi connectivity index (χ3v) is 6.38. The molecule has 0 spiro atoms. The Morgan fingerprint density at radius 1 is 0.938 bits per heavy atom. The minimum atomic E-state index is -0.250. The Labute approximate surface area is 191 Å². The van der Waals surface area contributed by atoms with E-state index in [1.54, 1.807) is 14.2 Å². The van der Waals surface area contributed by atoms with Gasteiger partial charge >= 0.3 is 0 Å². The molecule has 32 heavy (non-hydrogen) atoms. The fourth-order valence-corrected chi connectivity index (χ4v) is 4.60. The average Bonchev–Trinajstić information content (AvgIpc) is 3.32. The Hall–Kier alpha value is -2.77. The highest BCUT2D eigenvalue weighted by atomic mass is 16.5. The summed E-state index contributed by atoms with van der Waals surface area (Å²) in [5.74, 6) is 2.42. The van der Waals surface area contributed by atoms with E-state index < -0.39 is 0 Å². The van der Waals surface area contributed by atoms with Crippen LogP contribution in [-0.4, -0.2) is 88.0 Å². The number of carbonyl (C=O) groups is 1. The number of benzene rings is 2. The van der Waals surface area contributed by atoms with Crippen LogP contribution in [0, 0.1) is 0 Å². The average molecular weight is 442 g/mol. The van der Waals surface area contributed by atoms with Crippen LogP contribution < -0.4 is 14.4 Å². The molecule has 2 aliphatic heterocycles. The molecular weight excluding hydrogens is 406 g/mol. The van der Waals surface area contributed by atoms with Crippen LogP contribution in [0.15, 0.2) is 48.5 Å². The lowest BCUT2D eigenvalue weighted by Crippen LogP contribution is -2.48. The fraction of sp³-hybridized carbons (Fsp3) is 0.480. The van der Waals surface area contributed by atoms with Gasteiger partial charge in [0.25, 0.3) is 6.47 Å². The zero-order valence-electron chi connectivity index (χ0n) is 19.2. The van der Waals surface area contributed by atoms with E-state index in [1.165, 1.54) is 17.7 Å². The van der Waals surface area contributed by atoms with Crippen molar-refractivity contribution in [3.8, 4) is 11.5 Å². The first-order valence-electron chi connectivity index (χ1n) is 11.2. The molecule has 7 heteroatoms. The third-order valence-electron chi connectivity index (χ3n) is 6.38. The van der Waals surface area contributed by atoms with Crippen molar-refractivity contribution in [1.29, 1.82) is 0 Å². The third kappa shape index (κ3) is 6.37. The van der Waals surface area contributed by atoms with Gasteiger partial charge in [-0.25, -0.2) is 0 Å². The largest absolute Gasteiger partial charge is 0.497 e. The van der Waals surface area contributed by atoms with E-state index in [0.717, 1.165) is 63.9 Å². The quantitative estimate of drug-likeness (QED) is 0.663. The standard InChI is InChI=1S/C24H33N3O2.CH2O2/c1-28-22-8-9-24(29-2)23(18-22)20-10-11-26(19-20)13-12-25-14-16-27(17-15-25)21-6-4-3-5-7-21;2-1-3/h3-9,18,20H,10-17,19H2,1-2H3;1H,(H,2,3). The predicted molar refractivity (Wildman–Crippen MR) is 127 cm³/mol. The highest BCUT2D eigenvalue weighted by Crippen LogP contribution is 2.35. The van der Waals surface area contributed by atoms with Crippen LogP contribution in [0.25, 0.3) is 0 Å². The van der Waals surface area contributed by atoms with Crippen molar-refractivity contribution >= 4 is 12.2 Å². The first-order valence-corrected chi connectivity index (χ1v) is 11.2. The van der Waals surface area contributed by atoms with E-state index >= 15 is 0 Å². The van der Waals surface area contributed by atoms with Crippen molar-refractivity contribution in [2.75, 3.05) is 71.5 Å². The van der Waals surface area contributed by atoms with Crippen LogP contribution in [0.5, 0.6) is 11.5 Å². The summed E-state index contributed by atoms with van der Waals surface area (Å²) in [6.07, 6.45) is 1.19. The molecular formula is C25H35N3O4. The number of hydrogen-bond donors (Lipinski definition) is 1. The van der Waals surface area contributed by atoms with E-state index in [2.05, 4.69) is 51.1 Å². The summed E-state index contributed by atoms with van der Waals surface area (Å²) in [5.41, 5.74) is 2.63. The van der Waals surface area contributed by atoms with Crippen LogP contribution in [0.4, 0.5) is 5.69 Å². The maximum Gasteiger partial charge on any atom is 0.290 e. The minimum Gasteiger partial charge on any atom is -0.497 e. The number of carboxylic acid groups (broad SMARTS) is 1. The van der Waals surface area contributed by atoms with E-state index in [0.29, 0.717) is 5.92 Å². The van der Waals surface area contributed by atoms with Crippen molar-refractivity contribution in [3.05, 3.63) is 54.1 Å². The molecule has 1 atom stereocenters. The smallest absolute Gasteiger partial charge is 0.290 e. The normalized spacial score (nSPS) is 19.2. The Bertz CT molecular complexity index is 825. The molecule has 4 rings (SSSR count). The second-order valence-electron chi connectivity index (χ2n) is 8.16. The van der Waals surface area contributed by atoms with Gasteiger partial charge in [0.2, 0.25) is 0 Å². The molecule has 2 saturated heterocycles. The first kappa shape index (κ1) is 23.9. The fourth-order valence-electron chi connectivity index (χ4n) is 4.60. The van der Waals surface area contributed by atoms with Gasteiger partial charge in [0.1, 0.15) is 11.5 Å². The van der Waals surface area contributed by atoms with Gasteiger partial charge in [-0.2, -0.15) is 0 Å². The Balaban J connectivity index is 0.000000913. The lowest BCUT2D eigenvalue weighted by atomic mass is 9.97. The summed E-state index contributed by atoms with van der Waals surface area (Å²) >= 11 is 0. The molecule has 2 fully saturated rings. The monoisotopic (exact) mass is 441 g/mol. The summed E-state index contributed by atoms with van der Waals surface area (Å²) in [7, 11) is 3.48. The molecule has 2 aromatic rings. The SMILES string of the molecule is COc1ccc(OC)c(C2CCN(CCN3CCN(c4ccccc4)CC3)C2)c1.O=CO. The summed E-state index contributed by atoms with van der Waals surface area (Å²) in [6.45, 7) is 8.86. The van der Waals surface area contributed by atoms with Crippen molar-refractivity contribution < 1.29 is 19.4 Å². The zero-order valence-corrected chi connectivity index (χ0v) is 19.2. The second-order valence-corrected chi connectivity index (χ2v) is 8.16. The zero-order chi connectivity index (χ0) is 22.8. The summed E-state index contributed by atoms with van der Waals surface area (Å²) in [5, 5.41) is 6.89. The molecule has 0 aromatic heterocycles. The minimum absolute atomic E-state index is 0.250. The molecule has 0 radical (unpaired) electrons. The van der Waals surface area contributed by atoms with Crippen LogP contribution in [-0.2, 0) is 4.79 Å². The van der Waals surface area contributed by atoms with Gasteiger partial charge in [0, 0.05) is 63.0 Å². The lowest BCUT2D eigenvalue weighted by Gasteiger charge is -2.36. The maximum absolute atomic E-state index is 8.36. The molecule has 2 aliphatic rings. The lowest BCUT2D eigenvalue weighted by molar-refractivity contribution is -0.122. The van der Waals surface area contributed by atoms with E-state index in [9.17, 15) is 0 Å². The van der Waals surface area contributed by atoms with Gasteiger partial charge in [-0.05, 0) is 43.3 Å². The molecule has 0 bridgehead atoms. The first-order chi connectivity index (χ1) is 15.7. The van der Waals surface area contributed by atoms with E-state index in [4.69, 9.17) is 19.4 Å². The number of ether oxygens (including phenoxy) is 2. The maximum atomic E-state index is 8.36. The van der Waals surface area contributed by atoms with Crippen LogP contribution in [0.2, 0.25) is 0 Å². The van der Waals surface area contributed by atoms with Gasteiger partial charge in [0.15, 0.2) is 0 Å². The predicted octanol–water partition coefficient (Wildman–Crippen LogP) is 3.02. The van der Waals surface area contributed by atoms with Gasteiger partial charge in [0.05, 0.1) is 14.2 Å². The molecule has 174 valence electrons. The number of hydrogen-bond acceptors (Lipinski definition) is 6. The van der Waals surface area contributed by atoms with Crippen LogP contribution >= 0.6 is 0 Å². The van der Waals surface area contributed by atoms with Crippen LogP contribution in [0.1, 0.15) is 17.9 Å². The Kier molecular flexibility index (Phi) is 9.19.